The number of aliphatic hydroxyl groups excluding tert-OH is 1. The normalized spacial score (nSPS) is 25.2. The molecule has 3 nitrogen and oxygen atoms in total. The average molecular weight is 443 g/mol. The molecule has 4 rings (SSSR count). The van der Waals surface area contributed by atoms with Crippen LogP contribution < -0.4 is 4.90 Å². The molecule has 1 saturated carbocycles. The van der Waals surface area contributed by atoms with Crippen molar-refractivity contribution in [3.63, 3.8) is 0 Å². The number of hydrogen-bond donors (Lipinski definition) is 1. The predicted molar refractivity (Wildman–Crippen MR) is 133 cm³/mol. The van der Waals surface area contributed by atoms with Crippen LogP contribution >= 0.6 is 12.4 Å². The number of anilines is 1. The maximum Gasteiger partial charge on any atom is 0.139 e. The van der Waals surface area contributed by atoms with Crippen molar-refractivity contribution in [2.24, 2.45) is 11.3 Å². The lowest BCUT2D eigenvalue weighted by molar-refractivity contribution is 0.0777. The van der Waals surface area contributed by atoms with Crippen molar-refractivity contribution >= 4 is 18.1 Å². The third-order valence-electron chi connectivity index (χ3n) is 7.33. The standard InChI is InChI=1S/C27H38N2O.ClH/c1-27(2,3)23-15-13-22(14-16-23)24-11-7-8-12-25(24)29-18-17-28(20-26(29)30)19-21-9-5-4-6-10-21;/h4-12,22-23,26,30H,13-20H2,1-3H3;1H. The zero-order chi connectivity index (χ0) is 21.1. The van der Waals surface area contributed by atoms with Gasteiger partial charge in [-0.1, -0.05) is 69.3 Å². The molecule has 1 aliphatic heterocycles. The van der Waals surface area contributed by atoms with Crippen LogP contribution in [0, 0.1) is 11.3 Å². The van der Waals surface area contributed by atoms with E-state index in [1.54, 1.807) is 0 Å². The zero-order valence-electron chi connectivity index (χ0n) is 19.3. The highest BCUT2D eigenvalue weighted by atomic mass is 35.5. The molecular formula is C27H39ClN2O. The molecule has 4 heteroatoms. The summed E-state index contributed by atoms with van der Waals surface area (Å²) < 4.78 is 0. The lowest BCUT2D eigenvalue weighted by atomic mass is 9.68. The zero-order valence-corrected chi connectivity index (χ0v) is 20.2. The van der Waals surface area contributed by atoms with Gasteiger partial charge >= 0.3 is 0 Å². The molecule has 170 valence electrons. The van der Waals surface area contributed by atoms with Crippen LogP contribution in [0.2, 0.25) is 0 Å². The van der Waals surface area contributed by atoms with Gasteiger partial charge in [-0.2, -0.15) is 0 Å². The number of halogens is 1. The second-order valence-electron chi connectivity index (χ2n) is 10.4. The van der Waals surface area contributed by atoms with Crippen LogP contribution in [-0.2, 0) is 6.54 Å². The maximum atomic E-state index is 11.0. The monoisotopic (exact) mass is 442 g/mol. The number of piperazine rings is 1. The second-order valence-corrected chi connectivity index (χ2v) is 10.4. The van der Waals surface area contributed by atoms with Gasteiger partial charge in [0.25, 0.3) is 0 Å². The van der Waals surface area contributed by atoms with E-state index >= 15 is 0 Å². The minimum atomic E-state index is -0.450. The summed E-state index contributed by atoms with van der Waals surface area (Å²) in [6, 6.07) is 19.4. The first kappa shape index (κ1) is 24.1. The summed E-state index contributed by atoms with van der Waals surface area (Å²) in [5.74, 6) is 1.45. The van der Waals surface area contributed by atoms with E-state index in [0.29, 0.717) is 17.9 Å². The van der Waals surface area contributed by atoms with Crippen LogP contribution in [0.3, 0.4) is 0 Å². The number of rotatable bonds is 4. The number of aliphatic hydroxyl groups is 1. The summed E-state index contributed by atoms with van der Waals surface area (Å²) in [7, 11) is 0. The Morgan fingerprint density at radius 1 is 0.871 bits per heavy atom. The highest BCUT2D eigenvalue weighted by molar-refractivity contribution is 5.85. The molecule has 2 aliphatic rings. The summed E-state index contributed by atoms with van der Waals surface area (Å²) in [6.07, 6.45) is 4.72. The van der Waals surface area contributed by atoms with Gasteiger partial charge in [-0.15, -0.1) is 12.4 Å². The van der Waals surface area contributed by atoms with E-state index in [9.17, 15) is 5.11 Å². The first-order chi connectivity index (χ1) is 14.4. The first-order valence-electron chi connectivity index (χ1n) is 11.7. The van der Waals surface area contributed by atoms with E-state index in [1.807, 2.05) is 0 Å². The van der Waals surface area contributed by atoms with Crippen LogP contribution in [0.1, 0.15) is 63.5 Å². The molecule has 0 spiro atoms. The molecule has 0 radical (unpaired) electrons. The highest BCUT2D eigenvalue weighted by Crippen LogP contribution is 2.45. The van der Waals surface area contributed by atoms with Crippen molar-refractivity contribution in [2.45, 2.75) is 65.1 Å². The van der Waals surface area contributed by atoms with Gasteiger partial charge in [-0.25, -0.2) is 0 Å². The van der Waals surface area contributed by atoms with Gasteiger partial charge in [-0.3, -0.25) is 4.90 Å². The molecule has 0 amide bonds. The molecule has 0 bridgehead atoms. The molecule has 1 N–H and O–H groups in total. The predicted octanol–water partition coefficient (Wildman–Crippen LogP) is 6.07. The summed E-state index contributed by atoms with van der Waals surface area (Å²) in [4.78, 5) is 4.61. The van der Waals surface area contributed by atoms with Gasteiger partial charge < -0.3 is 10.0 Å². The highest BCUT2D eigenvalue weighted by Gasteiger charge is 2.33. The first-order valence-corrected chi connectivity index (χ1v) is 11.7. The molecule has 31 heavy (non-hydrogen) atoms. The van der Waals surface area contributed by atoms with Crippen molar-refractivity contribution in [1.82, 2.24) is 4.90 Å². The largest absolute Gasteiger partial charge is 0.372 e. The Kier molecular flexibility index (Phi) is 8.07. The fourth-order valence-electron chi connectivity index (χ4n) is 5.45. The van der Waals surface area contributed by atoms with Gasteiger partial charge in [0.1, 0.15) is 6.23 Å². The van der Waals surface area contributed by atoms with Crippen LogP contribution in [0.25, 0.3) is 0 Å². The van der Waals surface area contributed by atoms with Crippen molar-refractivity contribution in [3.05, 3.63) is 65.7 Å². The molecule has 2 aromatic carbocycles. The van der Waals surface area contributed by atoms with Crippen LogP contribution in [0.15, 0.2) is 54.6 Å². The quantitative estimate of drug-likeness (QED) is 0.622. The Bertz CT molecular complexity index is 811. The fourth-order valence-corrected chi connectivity index (χ4v) is 5.45. The lowest BCUT2D eigenvalue weighted by Crippen LogP contribution is -2.53. The molecule has 1 unspecified atom stereocenters. The molecular weight excluding hydrogens is 404 g/mol. The van der Waals surface area contributed by atoms with E-state index in [4.69, 9.17) is 0 Å². The van der Waals surface area contributed by atoms with E-state index in [2.05, 4.69) is 85.2 Å². The smallest absolute Gasteiger partial charge is 0.139 e. The number of para-hydroxylation sites is 1. The topological polar surface area (TPSA) is 26.7 Å². The third kappa shape index (κ3) is 5.83. The SMILES string of the molecule is CC(C)(C)C1CCC(c2ccccc2N2CCN(Cc3ccccc3)CC2O)CC1.Cl. The summed E-state index contributed by atoms with van der Waals surface area (Å²) in [5.41, 5.74) is 4.42. The third-order valence-corrected chi connectivity index (χ3v) is 7.33. The molecule has 2 aromatic rings. The Morgan fingerprint density at radius 3 is 2.16 bits per heavy atom. The van der Waals surface area contributed by atoms with Gasteiger partial charge in [-0.05, 0) is 60.1 Å². The van der Waals surface area contributed by atoms with Crippen molar-refractivity contribution < 1.29 is 5.11 Å². The number of nitrogens with zero attached hydrogens (tertiary/aromatic N) is 2. The minimum absolute atomic E-state index is 0. The molecule has 1 saturated heterocycles. The Hall–Kier alpha value is -1.55. The van der Waals surface area contributed by atoms with E-state index in [0.717, 1.165) is 25.6 Å². The second kappa shape index (κ2) is 10.4. The fraction of sp³-hybridized carbons (Fsp3) is 0.556. The Labute approximate surface area is 194 Å². The molecule has 2 fully saturated rings. The van der Waals surface area contributed by atoms with Crippen LogP contribution in [0.4, 0.5) is 5.69 Å². The number of hydrogen-bond acceptors (Lipinski definition) is 3. The molecule has 1 atom stereocenters. The van der Waals surface area contributed by atoms with Crippen molar-refractivity contribution in [1.29, 1.82) is 0 Å². The minimum Gasteiger partial charge on any atom is -0.372 e. The van der Waals surface area contributed by atoms with E-state index < -0.39 is 6.23 Å². The van der Waals surface area contributed by atoms with Gasteiger partial charge in [0, 0.05) is 31.9 Å². The van der Waals surface area contributed by atoms with Gasteiger partial charge in [0.05, 0.1) is 0 Å². The summed E-state index contributed by atoms with van der Waals surface area (Å²) >= 11 is 0. The van der Waals surface area contributed by atoms with Gasteiger partial charge in [0.2, 0.25) is 0 Å². The van der Waals surface area contributed by atoms with Crippen molar-refractivity contribution in [3.8, 4) is 0 Å². The van der Waals surface area contributed by atoms with Crippen LogP contribution in [0.5, 0.6) is 0 Å². The molecule has 0 aromatic heterocycles. The van der Waals surface area contributed by atoms with Gasteiger partial charge in [0.15, 0.2) is 0 Å². The Balaban J connectivity index is 0.00000272. The Morgan fingerprint density at radius 2 is 1.52 bits per heavy atom. The molecule has 1 aliphatic carbocycles. The van der Waals surface area contributed by atoms with Crippen molar-refractivity contribution in [2.75, 3.05) is 24.5 Å². The number of β-amino-alcohol motifs (C(OH)–C–C–N with tert-alkyl or cyclic N) is 1. The lowest BCUT2D eigenvalue weighted by Gasteiger charge is -2.42. The average Bonchev–Trinajstić information content (AvgIpc) is 2.74. The maximum absolute atomic E-state index is 11.0. The summed E-state index contributed by atoms with van der Waals surface area (Å²) in [5, 5.41) is 11.0. The number of benzene rings is 2. The van der Waals surface area contributed by atoms with E-state index in [1.165, 1.54) is 42.5 Å². The summed E-state index contributed by atoms with van der Waals surface area (Å²) in [6.45, 7) is 10.6. The van der Waals surface area contributed by atoms with Crippen LogP contribution in [-0.4, -0.2) is 35.9 Å². The van der Waals surface area contributed by atoms with E-state index in [-0.39, 0.29) is 12.4 Å². The molecule has 1 heterocycles.